The number of anilines is 1. The lowest BCUT2D eigenvalue weighted by Crippen LogP contribution is -2.54. The van der Waals surface area contributed by atoms with Gasteiger partial charge in [-0.15, -0.1) is 0 Å². The van der Waals surface area contributed by atoms with Crippen molar-refractivity contribution in [1.82, 2.24) is 9.88 Å². The van der Waals surface area contributed by atoms with Gasteiger partial charge in [0.1, 0.15) is 5.57 Å². The molecule has 1 aromatic heterocycles. The van der Waals surface area contributed by atoms with Gasteiger partial charge in [0, 0.05) is 22.6 Å². The Hall–Kier alpha value is -4.04. The number of carbonyl (C=O) groups excluding carboxylic acids is 3. The Morgan fingerprint density at radius 2 is 1.68 bits per heavy atom. The molecule has 34 heavy (non-hydrogen) atoms. The van der Waals surface area contributed by atoms with E-state index < -0.39 is 17.7 Å². The molecule has 7 nitrogen and oxygen atoms in total. The number of primary amides is 1. The number of hydrogen-bond donors (Lipinski definition) is 2. The Morgan fingerprint density at radius 1 is 1.00 bits per heavy atom. The molecule has 3 N–H and O–H groups in total. The van der Waals surface area contributed by atoms with Gasteiger partial charge < -0.3 is 10.3 Å². The molecular weight excluding hydrogens is 448 g/mol. The summed E-state index contributed by atoms with van der Waals surface area (Å²) >= 11 is 5.34. The van der Waals surface area contributed by atoms with Crippen molar-refractivity contribution in [2.45, 2.75) is 27.7 Å². The molecule has 0 unspecified atom stereocenters. The Kier molecular flexibility index (Phi) is 5.93. The van der Waals surface area contributed by atoms with Crippen molar-refractivity contribution in [1.29, 1.82) is 0 Å². The van der Waals surface area contributed by atoms with Crippen LogP contribution in [0.3, 0.4) is 0 Å². The first-order valence-corrected chi connectivity index (χ1v) is 11.1. The molecule has 0 bridgehead atoms. The van der Waals surface area contributed by atoms with Crippen molar-refractivity contribution < 1.29 is 14.4 Å². The van der Waals surface area contributed by atoms with Gasteiger partial charge in [-0.2, -0.15) is 0 Å². The van der Waals surface area contributed by atoms with E-state index in [1.54, 1.807) is 30.3 Å². The number of amides is 3. The fraction of sp³-hybridized carbons (Fsp3) is 0.154. The number of benzene rings is 2. The van der Waals surface area contributed by atoms with E-state index in [0.29, 0.717) is 11.3 Å². The lowest BCUT2D eigenvalue weighted by atomic mass is 10.0. The van der Waals surface area contributed by atoms with Crippen molar-refractivity contribution in [3.63, 3.8) is 0 Å². The van der Waals surface area contributed by atoms with Crippen LogP contribution in [-0.4, -0.2) is 27.4 Å². The highest BCUT2D eigenvalue weighted by molar-refractivity contribution is 7.80. The summed E-state index contributed by atoms with van der Waals surface area (Å²) < 4.78 is 1.98. The van der Waals surface area contributed by atoms with E-state index in [1.165, 1.54) is 4.90 Å². The molecule has 1 fully saturated rings. The topological polar surface area (TPSA) is 97.4 Å². The number of nitrogens with zero attached hydrogens (tertiary/aromatic N) is 2. The standard InChI is InChI=1S/C26H24N4O3S/c1-14-5-6-15(2)22(11-14)30-25(33)21(24(32)28-26(30)34)13-19-12-16(3)29(17(19)4)20-9-7-18(8-10-20)23(27)31/h5-13H,1-4H3,(H2,27,31)(H,28,32,34)/b21-13+. The average Bonchev–Trinajstić information content (AvgIpc) is 3.06. The van der Waals surface area contributed by atoms with E-state index in [9.17, 15) is 14.4 Å². The van der Waals surface area contributed by atoms with E-state index in [1.807, 2.05) is 56.5 Å². The van der Waals surface area contributed by atoms with Crippen LogP contribution in [-0.2, 0) is 9.59 Å². The summed E-state index contributed by atoms with van der Waals surface area (Å²) in [7, 11) is 0. The minimum Gasteiger partial charge on any atom is -0.366 e. The summed E-state index contributed by atoms with van der Waals surface area (Å²) in [4.78, 5) is 39.0. The maximum Gasteiger partial charge on any atom is 0.270 e. The highest BCUT2D eigenvalue weighted by Crippen LogP contribution is 2.28. The van der Waals surface area contributed by atoms with E-state index in [4.69, 9.17) is 18.0 Å². The monoisotopic (exact) mass is 472 g/mol. The number of rotatable bonds is 4. The lowest BCUT2D eigenvalue weighted by Gasteiger charge is -2.30. The average molecular weight is 473 g/mol. The number of hydrogen-bond acceptors (Lipinski definition) is 4. The Balaban J connectivity index is 1.76. The number of nitrogens with two attached hydrogens (primary N) is 1. The molecule has 2 heterocycles. The lowest BCUT2D eigenvalue weighted by molar-refractivity contribution is -0.122. The smallest absolute Gasteiger partial charge is 0.270 e. The van der Waals surface area contributed by atoms with Gasteiger partial charge in [-0.1, -0.05) is 12.1 Å². The van der Waals surface area contributed by atoms with Crippen molar-refractivity contribution >= 4 is 46.8 Å². The van der Waals surface area contributed by atoms with Gasteiger partial charge in [-0.25, -0.2) is 0 Å². The molecule has 3 aromatic rings. The maximum absolute atomic E-state index is 13.4. The summed E-state index contributed by atoms with van der Waals surface area (Å²) in [5, 5.41) is 2.70. The molecule has 1 aliphatic rings. The van der Waals surface area contributed by atoms with Crippen LogP contribution in [0.1, 0.15) is 38.4 Å². The molecule has 0 radical (unpaired) electrons. The highest BCUT2D eigenvalue weighted by atomic mass is 32.1. The summed E-state index contributed by atoms with van der Waals surface area (Å²) in [6.07, 6.45) is 1.59. The Labute approximate surface area is 202 Å². The fourth-order valence-electron chi connectivity index (χ4n) is 4.10. The van der Waals surface area contributed by atoms with Crippen LogP contribution >= 0.6 is 12.2 Å². The zero-order valence-corrected chi connectivity index (χ0v) is 20.1. The summed E-state index contributed by atoms with van der Waals surface area (Å²) in [6.45, 7) is 7.65. The van der Waals surface area contributed by atoms with Crippen molar-refractivity contribution in [3.05, 3.63) is 87.7 Å². The normalized spacial score (nSPS) is 15.1. The number of thiocarbonyl (C=S) groups is 1. The van der Waals surface area contributed by atoms with E-state index >= 15 is 0 Å². The second kappa shape index (κ2) is 8.72. The van der Waals surface area contributed by atoms with Gasteiger partial charge in [0.15, 0.2) is 5.11 Å². The quantitative estimate of drug-likeness (QED) is 0.344. The molecule has 0 spiro atoms. The fourth-order valence-corrected chi connectivity index (χ4v) is 4.37. The van der Waals surface area contributed by atoms with Crippen molar-refractivity contribution in [2.75, 3.05) is 4.90 Å². The molecule has 0 aliphatic carbocycles. The summed E-state index contributed by atoms with van der Waals surface area (Å²) in [5.74, 6) is -1.50. The first-order chi connectivity index (χ1) is 16.1. The number of nitrogens with one attached hydrogen (secondary N) is 1. The molecule has 1 saturated heterocycles. The first-order valence-electron chi connectivity index (χ1n) is 10.7. The van der Waals surface area contributed by atoms with Gasteiger partial charge in [0.05, 0.1) is 5.69 Å². The van der Waals surface area contributed by atoms with Gasteiger partial charge >= 0.3 is 0 Å². The largest absolute Gasteiger partial charge is 0.366 e. The van der Waals surface area contributed by atoms with E-state index in [-0.39, 0.29) is 10.7 Å². The van der Waals surface area contributed by atoms with Gasteiger partial charge in [0.2, 0.25) is 5.91 Å². The zero-order chi connectivity index (χ0) is 24.7. The predicted molar refractivity (Wildman–Crippen MR) is 136 cm³/mol. The Bertz CT molecular complexity index is 1400. The van der Waals surface area contributed by atoms with Crippen LogP contribution in [0.25, 0.3) is 11.8 Å². The van der Waals surface area contributed by atoms with Crippen molar-refractivity contribution in [3.8, 4) is 5.69 Å². The highest BCUT2D eigenvalue weighted by Gasteiger charge is 2.35. The second-order valence-electron chi connectivity index (χ2n) is 8.32. The molecule has 172 valence electrons. The van der Waals surface area contributed by atoms with Crippen LogP contribution < -0.4 is 16.0 Å². The Morgan fingerprint density at radius 3 is 2.32 bits per heavy atom. The van der Waals surface area contributed by atoms with Gasteiger partial charge in [-0.3, -0.25) is 24.6 Å². The molecule has 0 saturated carbocycles. The van der Waals surface area contributed by atoms with Gasteiger partial charge in [0.25, 0.3) is 11.8 Å². The number of aromatic nitrogens is 1. The minimum absolute atomic E-state index is 0.00108. The zero-order valence-electron chi connectivity index (χ0n) is 19.3. The summed E-state index contributed by atoms with van der Waals surface area (Å²) in [6, 6.07) is 14.6. The third-order valence-electron chi connectivity index (χ3n) is 5.89. The predicted octanol–water partition coefficient (Wildman–Crippen LogP) is 3.64. The van der Waals surface area contributed by atoms with Crippen LogP contribution in [0.15, 0.2) is 54.1 Å². The maximum atomic E-state index is 13.4. The molecule has 1 aliphatic heterocycles. The third kappa shape index (κ3) is 4.04. The molecule has 2 aromatic carbocycles. The SMILES string of the molecule is Cc1ccc(C)c(N2C(=O)/C(=C/c3cc(C)n(-c4ccc(C(N)=O)cc4)c3C)C(=O)NC2=S)c1. The second-order valence-corrected chi connectivity index (χ2v) is 8.71. The van der Waals surface area contributed by atoms with E-state index in [0.717, 1.165) is 33.8 Å². The molecule has 8 heteroatoms. The van der Waals surface area contributed by atoms with Crippen LogP contribution in [0.5, 0.6) is 0 Å². The number of carbonyl (C=O) groups is 3. The van der Waals surface area contributed by atoms with Crippen LogP contribution in [0, 0.1) is 27.7 Å². The van der Waals surface area contributed by atoms with Gasteiger partial charge in [-0.05, 0) is 99.1 Å². The molecular formula is C26H24N4O3S. The van der Waals surface area contributed by atoms with Crippen LogP contribution in [0.2, 0.25) is 0 Å². The third-order valence-corrected chi connectivity index (χ3v) is 6.17. The van der Waals surface area contributed by atoms with E-state index in [2.05, 4.69) is 5.32 Å². The van der Waals surface area contributed by atoms with Crippen LogP contribution in [0.4, 0.5) is 5.69 Å². The molecule has 4 rings (SSSR count). The van der Waals surface area contributed by atoms with Crippen molar-refractivity contribution in [2.24, 2.45) is 5.73 Å². The first kappa shape index (κ1) is 23.1. The minimum atomic E-state index is -0.535. The molecule has 3 amide bonds. The summed E-state index contributed by atoms with van der Waals surface area (Å²) in [5.41, 5.74) is 11.5. The molecule has 0 atom stereocenters. The number of aryl methyl sites for hydroxylation is 3.